The SMILES string of the molecule is CCC(C(N)=O)N1CC(C)(OCC(=O)O)C1. The Balaban J connectivity index is 2.40. The van der Waals surface area contributed by atoms with Crippen LogP contribution in [0.15, 0.2) is 0 Å². The summed E-state index contributed by atoms with van der Waals surface area (Å²) >= 11 is 0. The number of nitrogens with zero attached hydrogens (tertiary/aromatic N) is 1. The number of carboxylic acid groups (broad SMARTS) is 1. The van der Waals surface area contributed by atoms with Gasteiger partial charge in [0.2, 0.25) is 5.91 Å². The first-order valence-corrected chi connectivity index (χ1v) is 5.27. The molecule has 92 valence electrons. The number of nitrogens with two attached hydrogens (primary N) is 1. The van der Waals surface area contributed by atoms with Crippen LogP contribution in [0.1, 0.15) is 20.3 Å². The standard InChI is InChI=1S/C10H18N2O4/c1-3-7(9(11)15)12-5-10(2,6-12)16-4-8(13)14/h7H,3-6H2,1-2H3,(H2,11,15)(H,13,14). The van der Waals surface area contributed by atoms with Crippen LogP contribution in [-0.2, 0) is 14.3 Å². The predicted molar refractivity (Wildman–Crippen MR) is 56.8 cm³/mol. The van der Waals surface area contributed by atoms with Gasteiger partial charge < -0.3 is 15.6 Å². The number of ether oxygens (including phenoxy) is 1. The lowest BCUT2D eigenvalue weighted by Gasteiger charge is -2.49. The normalized spacial score (nSPS) is 21.1. The van der Waals surface area contributed by atoms with Crippen molar-refractivity contribution < 1.29 is 19.4 Å². The number of hydrogen-bond donors (Lipinski definition) is 2. The van der Waals surface area contributed by atoms with E-state index in [-0.39, 0.29) is 18.6 Å². The number of aliphatic carboxylic acids is 1. The quantitative estimate of drug-likeness (QED) is 0.637. The van der Waals surface area contributed by atoms with Gasteiger partial charge in [0.25, 0.3) is 0 Å². The molecule has 0 aromatic carbocycles. The molecule has 1 saturated heterocycles. The third-order valence-electron chi connectivity index (χ3n) is 2.78. The number of rotatable bonds is 6. The molecule has 1 amide bonds. The molecule has 0 aliphatic carbocycles. The Morgan fingerprint density at radius 2 is 2.12 bits per heavy atom. The Hall–Kier alpha value is -1.14. The first-order chi connectivity index (χ1) is 7.38. The fourth-order valence-electron chi connectivity index (χ4n) is 2.00. The van der Waals surface area contributed by atoms with Crippen molar-refractivity contribution in [2.45, 2.75) is 31.9 Å². The number of carbonyl (C=O) groups excluding carboxylic acids is 1. The summed E-state index contributed by atoms with van der Waals surface area (Å²) in [4.78, 5) is 23.3. The van der Waals surface area contributed by atoms with Crippen molar-refractivity contribution in [1.29, 1.82) is 0 Å². The maximum atomic E-state index is 11.1. The Morgan fingerprint density at radius 3 is 2.50 bits per heavy atom. The molecule has 1 fully saturated rings. The van der Waals surface area contributed by atoms with Crippen molar-refractivity contribution in [2.75, 3.05) is 19.7 Å². The zero-order chi connectivity index (χ0) is 12.3. The molecule has 1 aliphatic rings. The molecular weight excluding hydrogens is 212 g/mol. The molecule has 0 aromatic heterocycles. The lowest BCUT2D eigenvalue weighted by atomic mass is 9.93. The highest BCUT2D eigenvalue weighted by Crippen LogP contribution is 2.27. The number of likely N-dealkylation sites (tertiary alicyclic amines) is 1. The van der Waals surface area contributed by atoms with Crippen LogP contribution in [0.2, 0.25) is 0 Å². The first kappa shape index (κ1) is 12.9. The summed E-state index contributed by atoms with van der Waals surface area (Å²) in [6.07, 6.45) is 0.657. The third-order valence-corrected chi connectivity index (χ3v) is 2.78. The summed E-state index contributed by atoms with van der Waals surface area (Å²) < 4.78 is 5.24. The van der Waals surface area contributed by atoms with Crippen LogP contribution in [0.3, 0.4) is 0 Å². The molecule has 0 spiro atoms. The van der Waals surface area contributed by atoms with Crippen molar-refractivity contribution in [3.63, 3.8) is 0 Å². The zero-order valence-electron chi connectivity index (χ0n) is 9.60. The van der Waals surface area contributed by atoms with Crippen molar-refractivity contribution in [1.82, 2.24) is 4.90 Å². The lowest BCUT2D eigenvalue weighted by molar-refractivity contribution is -0.172. The van der Waals surface area contributed by atoms with Crippen molar-refractivity contribution >= 4 is 11.9 Å². The second-order valence-electron chi connectivity index (χ2n) is 4.36. The number of hydrogen-bond acceptors (Lipinski definition) is 4. The predicted octanol–water partition coefficient (Wildman–Crippen LogP) is -0.574. The summed E-state index contributed by atoms with van der Waals surface area (Å²) in [7, 11) is 0. The summed E-state index contributed by atoms with van der Waals surface area (Å²) in [5, 5.41) is 8.49. The smallest absolute Gasteiger partial charge is 0.329 e. The first-order valence-electron chi connectivity index (χ1n) is 5.27. The zero-order valence-corrected chi connectivity index (χ0v) is 9.60. The molecule has 1 atom stereocenters. The van der Waals surface area contributed by atoms with Crippen molar-refractivity contribution in [2.24, 2.45) is 5.73 Å². The minimum atomic E-state index is -0.985. The van der Waals surface area contributed by atoms with Crippen LogP contribution < -0.4 is 5.73 Å². The highest BCUT2D eigenvalue weighted by molar-refractivity contribution is 5.80. The van der Waals surface area contributed by atoms with Crippen LogP contribution in [0.5, 0.6) is 0 Å². The largest absolute Gasteiger partial charge is 0.480 e. The van der Waals surface area contributed by atoms with Gasteiger partial charge in [0.1, 0.15) is 6.61 Å². The van der Waals surface area contributed by atoms with E-state index < -0.39 is 11.6 Å². The molecule has 16 heavy (non-hydrogen) atoms. The van der Waals surface area contributed by atoms with Crippen LogP contribution in [0.25, 0.3) is 0 Å². The molecule has 0 radical (unpaired) electrons. The van der Waals surface area contributed by atoms with Crippen LogP contribution in [-0.4, -0.2) is 53.2 Å². The maximum Gasteiger partial charge on any atom is 0.329 e. The number of amides is 1. The van der Waals surface area contributed by atoms with E-state index >= 15 is 0 Å². The van der Waals surface area contributed by atoms with E-state index in [1.54, 1.807) is 0 Å². The minimum Gasteiger partial charge on any atom is -0.480 e. The molecule has 6 heteroatoms. The van der Waals surface area contributed by atoms with Gasteiger partial charge in [-0.05, 0) is 13.3 Å². The Labute approximate surface area is 94.3 Å². The van der Waals surface area contributed by atoms with Crippen molar-refractivity contribution in [3.05, 3.63) is 0 Å². The second kappa shape index (κ2) is 4.80. The molecule has 1 aliphatic heterocycles. The molecule has 0 aromatic rings. The van der Waals surface area contributed by atoms with E-state index in [0.29, 0.717) is 19.5 Å². The van der Waals surface area contributed by atoms with E-state index in [2.05, 4.69) is 0 Å². The number of carbonyl (C=O) groups is 2. The molecule has 0 saturated carbocycles. The van der Waals surface area contributed by atoms with E-state index in [9.17, 15) is 9.59 Å². The van der Waals surface area contributed by atoms with Gasteiger partial charge in [0.05, 0.1) is 11.6 Å². The summed E-state index contributed by atoms with van der Waals surface area (Å²) in [6, 6.07) is -0.276. The Kier molecular flexibility index (Phi) is 3.88. The van der Waals surface area contributed by atoms with Gasteiger partial charge in [-0.15, -0.1) is 0 Å². The van der Waals surface area contributed by atoms with Crippen LogP contribution >= 0.6 is 0 Å². The van der Waals surface area contributed by atoms with E-state index in [4.69, 9.17) is 15.6 Å². The maximum absolute atomic E-state index is 11.1. The van der Waals surface area contributed by atoms with Crippen LogP contribution in [0.4, 0.5) is 0 Å². The average molecular weight is 230 g/mol. The van der Waals surface area contributed by atoms with Gasteiger partial charge in [-0.25, -0.2) is 4.79 Å². The molecule has 0 bridgehead atoms. The molecular formula is C10H18N2O4. The lowest BCUT2D eigenvalue weighted by Crippen LogP contribution is -2.66. The fraction of sp³-hybridized carbons (Fsp3) is 0.800. The average Bonchev–Trinajstić information content (AvgIpc) is 2.12. The molecule has 1 rings (SSSR count). The fourth-order valence-corrected chi connectivity index (χ4v) is 2.00. The van der Waals surface area contributed by atoms with Crippen LogP contribution in [0, 0.1) is 0 Å². The molecule has 6 nitrogen and oxygen atoms in total. The van der Waals surface area contributed by atoms with E-state index in [1.165, 1.54) is 0 Å². The van der Waals surface area contributed by atoms with Gasteiger partial charge in [0.15, 0.2) is 0 Å². The highest BCUT2D eigenvalue weighted by Gasteiger charge is 2.44. The van der Waals surface area contributed by atoms with Gasteiger partial charge in [-0.1, -0.05) is 6.92 Å². The Bertz CT molecular complexity index is 287. The van der Waals surface area contributed by atoms with Gasteiger partial charge in [-0.2, -0.15) is 0 Å². The minimum absolute atomic E-state index is 0.276. The number of primary amides is 1. The monoisotopic (exact) mass is 230 g/mol. The molecule has 1 heterocycles. The molecule has 3 N–H and O–H groups in total. The molecule has 1 unspecified atom stereocenters. The second-order valence-corrected chi connectivity index (χ2v) is 4.36. The summed E-state index contributed by atoms with van der Waals surface area (Å²) in [5.74, 6) is -1.33. The third kappa shape index (κ3) is 2.93. The summed E-state index contributed by atoms with van der Waals surface area (Å²) in [6.45, 7) is 4.50. The van der Waals surface area contributed by atoms with Gasteiger partial charge in [-0.3, -0.25) is 9.69 Å². The van der Waals surface area contributed by atoms with Crippen molar-refractivity contribution in [3.8, 4) is 0 Å². The topological polar surface area (TPSA) is 92.9 Å². The summed E-state index contributed by atoms with van der Waals surface area (Å²) in [5.41, 5.74) is 4.78. The van der Waals surface area contributed by atoms with Gasteiger partial charge >= 0.3 is 5.97 Å². The Morgan fingerprint density at radius 1 is 1.56 bits per heavy atom. The highest BCUT2D eigenvalue weighted by atomic mass is 16.5. The number of carboxylic acids is 1. The van der Waals surface area contributed by atoms with E-state index in [1.807, 2.05) is 18.7 Å². The van der Waals surface area contributed by atoms with Gasteiger partial charge in [0, 0.05) is 13.1 Å². The van der Waals surface area contributed by atoms with E-state index in [0.717, 1.165) is 0 Å².